The third-order valence-electron chi connectivity index (χ3n) is 6.35. The molecule has 1 aromatic carbocycles. The molecule has 5 rings (SSSR count). The lowest BCUT2D eigenvalue weighted by atomic mass is 9.83. The summed E-state index contributed by atoms with van der Waals surface area (Å²) in [6.45, 7) is 2.01. The van der Waals surface area contributed by atoms with E-state index >= 15 is 0 Å². The van der Waals surface area contributed by atoms with Crippen LogP contribution in [0.4, 0.5) is 4.39 Å². The largest absolute Gasteiger partial charge is 0.295 e. The zero-order valence-corrected chi connectivity index (χ0v) is 18.6. The van der Waals surface area contributed by atoms with Gasteiger partial charge in [0.25, 0.3) is 0 Å². The molecule has 0 spiro atoms. The summed E-state index contributed by atoms with van der Waals surface area (Å²) in [5.74, 6) is 0.116. The molecular weight excluding hydrogens is 427 g/mol. The summed E-state index contributed by atoms with van der Waals surface area (Å²) in [6, 6.07) is 10.0. The number of halogens is 2. The van der Waals surface area contributed by atoms with Crippen molar-refractivity contribution in [3.63, 3.8) is 0 Å². The molecule has 1 aliphatic rings. The number of rotatable bonds is 6. The lowest BCUT2D eigenvalue weighted by molar-refractivity contribution is 0.0970. The van der Waals surface area contributed by atoms with E-state index in [1.807, 2.05) is 28.3 Å². The fourth-order valence-corrected chi connectivity index (χ4v) is 4.95. The Kier molecular flexibility index (Phi) is 5.55. The zero-order chi connectivity index (χ0) is 22.2. The summed E-state index contributed by atoms with van der Waals surface area (Å²) in [6.07, 6.45) is 8.59. The molecule has 1 atom stereocenters. The number of hydrogen-bond donors (Lipinski definition) is 0. The van der Waals surface area contributed by atoms with Crippen molar-refractivity contribution in [2.75, 3.05) is 0 Å². The number of Topliss-reactive ketones (excluding diaryl/α,β-unsaturated/α-hetero) is 1. The van der Waals surface area contributed by atoms with Gasteiger partial charge in [-0.15, -0.1) is 0 Å². The van der Waals surface area contributed by atoms with Gasteiger partial charge in [0.15, 0.2) is 5.78 Å². The van der Waals surface area contributed by atoms with Crippen LogP contribution in [0.2, 0.25) is 5.02 Å². The molecule has 0 aliphatic heterocycles. The summed E-state index contributed by atoms with van der Waals surface area (Å²) < 4.78 is 17.0. The van der Waals surface area contributed by atoms with Crippen molar-refractivity contribution in [3.05, 3.63) is 82.3 Å². The van der Waals surface area contributed by atoms with Crippen molar-refractivity contribution in [2.24, 2.45) is 0 Å². The van der Waals surface area contributed by atoms with Gasteiger partial charge in [0, 0.05) is 18.3 Å². The van der Waals surface area contributed by atoms with Crippen LogP contribution in [0.15, 0.2) is 48.8 Å². The van der Waals surface area contributed by atoms with Crippen molar-refractivity contribution >= 4 is 23.0 Å². The quantitative estimate of drug-likeness (QED) is 0.341. The fraction of sp³-hybridized carbons (Fsp3) is 0.320. The first kappa shape index (κ1) is 20.9. The van der Waals surface area contributed by atoms with Crippen LogP contribution in [-0.2, 0) is 12.8 Å². The fourth-order valence-electron chi connectivity index (χ4n) is 4.79. The predicted molar refractivity (Wildman–Crippen MR) is 122 cm³/mol. The first-order chi connectivity index (χ1) is 15.5. The van der Waals surface area contributed by atoms with E-state index in [1.165, 1.54) is 17.7 Å². The number of hydrogen-bond acceptors (Lipinski definition) is 3. The van der Waals surface area contributed by atoms with Gasteiger partial charge >= 0.3 is 0 Å². The molecule has 4 aromatic rings. The maximum atomic E-state index is 13.3. The smallest absolute Gasteiger partial charge is 0.181 e. The number of carbonyl (C=O) groups excluding carboxylic acids is 1. The van der Waals surface area contributed by atoms with E-state index in [1.54, 1.807) is 24.4 Å². The van der Waals surface area contributed by atoms with Gasteiger partial charge in [0.05, 0.1) is 22.6 Å². The molecule has 0 saturated carbocycles. The van der Waals surface area contributed by atoms with Gasteiger partial charge in [-0.2, -0.15) is 5.10 Å². The Morgan fingerprint density at radius 3 is 2.81 bits per heavy atom. The van der Waals surface area contributed by atoms with Crippen LogP contribution < -0.4 is 0 Å². The minimum atomic E-state index is -0.258. The number of benzene rings is 1. The van der Waals surface area contributed by atoms with Gasteiger partial charge in [-0.05, 0) is 80.0 Å². The average molecular weight is 451 g/mol. The molecule has 0 saturated heterocycles. The Bertz CT molecular complexity index is 1290. The SMILES string of the molecule is CCc1nc2ccc(Cl)cn2c1C(=O)CCC1CCCc2c1cnn2-c1ccc(F)cc1. The first-order valence-electron chi connectivity index (χ1n) is 11.1. The summed E-state index contributed by atoms with van der Waals surface area (Å²) in [5.41, 5.74) is 5.42. The van der Waals surface area contributed by atoms with Gasteiger partial charge < -0.3 is 0 Å². The molecule has 0 N–H and O–H groups in total. The Balaban J connectivity index is 1.38. The van der Waals surface area contributed by atoms with Crippen molar-refractivity contribution < 1.29 is 9.18 Å². The second-order valence-electron chi connectivity index (χ2n) is 8.32. The van der Waals surface area contributed by atoms with E-state index in [9.17, 15) is 9.18 Å². The second kappa shape index (κ2) is 8.51. The molecule has 5 nitrogen and oxygen atoms in total. The summed E-state index contributed by atoms with van der Waals surface area (Å²) in [7, 11) is 0. The topological polar surface area (TPSA) is 52.2 Å². The molecule has 0 bridgehead atoms. The van der Waals surface area contributed by atoms with Gasteiger partial charge in [-0.3, -0.25) is 9.20 Å². The highest BCUT2D eigenvalue weighted by atomic mass is 35.5. The van der Waals surface area contributed by atoms with Gasteiger partial charge in [-0.1, -0.05) is 18.5 Å². The van der Waals surface area contributed by atoms with E-state index < -0.39 is 0 Å². The minimum Gasteiger partial charge on any atom is -0.295 e. The normalized spacial score (nSPS) is 15.8. The zero-order valence-electron chi connectivity index (χ0n) is 17.9. The summed E-state index contributed by atoms with van der Waals surface area (Å²) in [4.78, 5) is 17.9. The first-order valence-corrected chi connectivity index (χ1v) is 11.5. The lowest BCUT2D eigenvalue weighted by Gasteiger charge is -2.23. The van der Waals surface area contributed by atoms with Crippen LogP contribution in [-0.4, -0.2) is 24.9 Å². The maximum absolute atomic E-state index is 13.3. The minimum absolute atomic E-state index is 0.0923. The number of pyridine rings is 1. The maximum Gasteiger partial charge on any atom is 0.181 e. The van der Waals surface area contributed by atoms with E-state index in [0.717, 1.165) is 48.4 Å². The van der Waals surface area contributed by atoms with Crippen LogP contribution in [0.5, 0.6) is 0 Å². The highest BCUT2D eigenvalue weighted by Crippen LogP contribution is 2.36. The Labute approximate surface area is 190 Å². The van der Waals surface area contributed by atoms with Crippen LogP contribution >= 0.6 is 11.6 Å². The molecule has 1 unspecified atom stereocenters. The van der Waals surface area contributed by atoms with Gasteiger partial charge in [0.1, 0.15) is 17.2 Å². The van der Waals surface area contributed by atoms with Crippen molar-refractivity contribution in [1.29, 1.82) is 0 Å². The third kappa shape index (κ3) is 3.73. The van der Waals surface area contributed by atoms with Crippen LogP contribution in [0.3, 0.4) is 0 Å². The van der Waals surface area contributed by atoms with E-state index in [2.05, 4.69) is 10.1 Å². The molecular formula is C25H24ClFN4O. The summed E-state index contributed by atoms with van der Waals surface area (Å²) >= 11 is 6.17. The van der Waals surface area contributed by atoms with Crippen molar-refractivity contribution in [2.45, 2.75) is 51.4 Å². The second-order valence-corrected chi connectivity index (χ2v) is 8.76. The molecule has 0 amide bonds. The average Bonchev–Trinajstić information content (AvgIpc) is 3.39. The van der Waals surface area contributed by atoms with E-state index in [-0.39, 0.29) is 17.5 Å². The highest BCUT2D eigenvalue weighted by molar-refractivity contribution is 6.30. The lowest BCUT2D eigenvalue weighted by Crippen LogP contribution is -2.14. The highest BCUT2D eigenvalue weighted by Gasteiger charge is 2.26. The number of aromatic nitrogens is 4. The van der Waals surface area contributed by atoms with Crippen molar-refractivity contribution in [1.82, 2.24) is 19.2 Å². The predicted octanol–water partition coefficient (Wildman–Crippen LogP) is 5.96. The molecule has 7 heteroatoms. The van der Waals surface area contributed by atoms with Gasteiger partial charge in [0.2, 0.25) is 0 Å². The number of ketones is 1. The summed E-state index contributed by atoms with van der Waals surface area (Å²) in [5, 5.41) is 5.16. The number of carbonyl (C=O) groups is 1. The number of imidazole rings is 1. The number of fused-ring (bicyclic) bond motifs is 2. The van der Waals surface area contributed by atoms with E-state index in [0.29, 0.717) is 23.6 Å². The standard InChI is InChI=1S/C25H24ClFN4O/c1-2-21-25(30-15-17(26)7-13-24(30)29-21)23(32)12-6-16-4-3-5-22-20(16)14-28-31(22)19-10-8-18(27)9-11-19/h7-11,13-16H,2-6,12H2,1H3. The van der Waals surface area contributed by atoms with Crippen LogP contribution in [0.1, 0.15) is 66.0 Å². The monoisotopic (exact) mass is 450 g/mol. The van der Waals surface area contributed by atoms with Crippen LogP contribution in [0.25, 0.3) is 11.3 Å². The Morgan fingerprint density at radius 2 is 2.03 bits per heavy atom. The molecule has 32 heavy (non-hydrogen) atoms. The molecule has 164 valence electrons. The molecule has 3 aromatic heterocycles. The molecule has 1 aliphatic carbocycles. The number of aryl methyl sites for hydroxylation is 1. The number of nitrogens with zero attached hydrogens (tertiary/aromatic N) is 4. The molecule has 3 heterocycles. The Hall–Kier alpha value is -2.99. The van der Waals surface area contributed by atoms with Crippen LogP contribution in [0, 0.1) is 5.82 Å². The Morgan fingerprint density at radius 1 is 1.22 bits per heavy atom. The third-order valence-corrected chi connectivity index (χ3v) is 6.58. The van der Waals surface area contributed by atoms with Gasteiger partial charge in [-0.25, -0.2) is 14.1 Å². The van der Waals surface area contributed by atoms with Crippen molar-refractivity contribution in [3.8, 4) is 5.69 Å². The van der Waals surface area contributed by atoms with E-state index in [4.69, 9.17) is 11.6 Å². The molecule has 0 fully saturated rings. The molecule has 0 radical (unpaired) electrons.